The summed E-state index contributed by atoms with van der Waals surface area (Å²) in [5.74, 6) is -1.40. The third-order valence-electron chi connectivity index (χ3n) is 5.01. The number of amides is 1. The molecule has 1 amide bonds. The standard InChI is InChI=1S/C18H23F3N2O/c19-18(20,21)15-5-2-9-23(12-15)10-8-17(24)22-16-7-6-13-3-1-4-14(13)11-16/h6-7,11,15H,1-5,8-10,12H2,(H,22,24)/t15-/m0/s1. The summed E-state index contributed by atoms with van der Waals surface area (Å²) in [6.07, 6.45) is 0.123. The molecule has 0 aromatic heterocycles. The molecule has 2 aliphatic rings. The molecule has 1 aromatic rings. The average Bonchev–Trinajstić information content (AvgIpc) is 3.00. The third kappa shape index (κ3) is 4.29. The van der Waals surface area contributed by atoms with E-state index in [2.05, 4.69) is 11.4 Å². The number of aryl methyl sites for hydroxylation is 2. The van der Waals surface area contributed by atoms with Gasteiger partial charge in [0, 0.05) is 25.2 Å². The lowest BCUT2D eigenvalue weighted by atomic mass is 9.97. The number of carbonyl (C=O) groups is 1. The molecule has 1 atom stereocenters. The molecular formula is C18H23F3N2O. The Morgan fingerprint density at radius 1 is 1.21 bits per heavy atom. The van der Waals surface area contributed by atoms with E-state index in [-0.39, 0.29) is 25.3 Å². The molecule has 1 saturated heterocycles. The van der Waals surface area contributed by atoms with E-state index in [1.54, 1.807) is 4.90 Å². The lowest BCUT2D eigenvalue weighted by Gasteiger charge is -2.33. The molecule has 3 nitrogen and oxygen atoms in total. The number of anilines is 1. The van der Waals surface area contributed by atoms with Gasteiger partial charge in [0.05, 0.1) is 5.92 Å². The van der Waals surface area contributed by atoms with Gasteiger partial charge in [0.25, 0.3) is 0 Å². The molecule has 24 heavy (non-hydrogen) atoms. The summed E-state index contributed by atoms with van der Waals surface area (Å²) in [5, 5.41) is 2.86. The molecule has 1 aliphatic heterocycles. The SMILES string of the molecule is O=C(CCN1CCC[C@H](C(F)(F)F)C1)Nc1ccc2c(c1)CCC2. The van der Waals surface area contributed by atoms with Gasteiger partial charge in [-0.1, -0.05) is 6.07 Å². The highest BCUT2D eigenvalue weighted by Crippen LogP contribution is 2.33. The smallest absolute Gasteiger partial charge is 0.326 e. The van der Waals surface area contributed by atoms with E-state index in [0.717, 1.165) is 24.9 Å². The molecule has 0 unspecified atom stereocenters. The highest BCUT2D eigenvalue weighted by Gasteiger charge is 2.41. The summed E-state index contributed by atoms with van der Waals surface area (Å²) in [5.41, 5.74) is 3.42. The summed E-state index contributed by atoms with van der Waals surface area (Å²) >= 11 is 0. The fourth-order valence-corrected chi connectivity index (χ4v) is 3.66. The van der Waals surface area contributed by atoms with E-state index in [1.807, 2.05) is 12.1 Å². The lowest BCUT2D eigenvalue weighted by Crippen LogP contribution is -2.42. The summed E-state index contributed by atoms with van der Waals surface area (Å²) < 4.78 is 38.4. The van der Waals surface area contributed by atoms with Gasteiger partial charge in [-0.15, -0.1) is 0 Å². The number of hydrogen-bond acceptors (Lipinski definition) is 2. The number of hydrogen-bond donors (Lipinski definition) is 1. The van der Waals surface area contributed by atoms with Gasteiger partial charge in [0.15, 0.2) is 0 Å². The highest BCUT2D eigenvalue weighted by molar-refractivity contribution is 5.91. The van der Waals surface area contributed by atoms with Crippen LogP contribution in [-0.4, -0.2) is 36.6 Å². The van der Waals surface area contributed by atoms with Gasteiger partial charge in [-0.2, -0.15) is 13.2 Å². The normalized spacial score (nSPS) is 21.5. The number of rotatable bonds is 4. The predicted octanol–water partition coefficient (Wildman–Crippen LogP) is 3.78. The Morgan fingerprint density at radius 3 is 2.79 bits per heavy atom. The van der Waals surface area contributed by atoms with Crippen molar-refractivity contribution in [1.82, 2.24) is 4.90 Å². The second-order valence-electron chi connectivity index (χ2n) is 6.82. The summed E-state index contributed by atoms with van der Waals surface area (Å²) in [6.45, 7) is 1.03. The van der Waals surface area contributed by atoms with Crippen LogP contribution in [0.3, 0.4) is 0 Å². The van der Waals surface area contributed by atoms with Crippen LogP contribution in [0.25, 0.3) is 0 Å². The minimum Gasteiger partial charge on any atom is -0.326 e. The molecule has 0 radical (unpaired) electrons. The van der Waals surface area contributed by atoms with Gasteiger partial charge in [0.1, 0.15) is 0 Å². The first-order valence-corrected chi connectivity index (χ1v) is 8.62. The van der Waals surface area contributed by atoms with Crippen LogP contribution in [0.4, 0.5) is 18.9 Å². The second kappa shape index (κ2) is 7.13. The quantitative estimate of drug-likeness (QED) is 0.905. The number of nitrogens with zero attached hydrogens (tertiary/aromatic N) is 1. The van der Waals surface area contributed by atoms with E-state index in [4.69, 9.17) is 0 Å². The molecule has 1 heterocycles. The predicted molar refractivity (Wildman–Crippen MR) is 86.9 cm³/mol. The highest BCUT2D eigenvalue weighted by atomic mass is 19.4. The van der Waals surface area contributed by atoms with Crippen LogP contribution < -0.4 is 5.32 Å². The van der Waals surface area contributed by atoms with Gasteiger partial charge in [-0.25, -0.2) is 0 Å². The topological polar surface area (TPSA) is 32.3 Å². The molecular weight excluding hydrogens is 317 g/mol. The molecule has 1 aromatic carbocycles. The monoisotopic (exact) mass is 340 g/mol. The van der Waals surface area contributed by atoms with Gasteiger partial charge >= 0.3 is 6.18 Å². The number of likely N-dealkylation sites (tertiary alicyclic amines) is 1. The van der Waals surface area contributed by atoms with Crippen molar-refractivity contribution in [3.8, 4) is 0 Å². The van der Waals surface area contributed by atoms with Crippen LogP contribution in [0, 0.1) is 5.92 Å². The van der Waals surface area contributed by atoms with Crippen LogP contribution in [-0.2, 0) is 17.6 Å². The number of halogens is 3. The molecule has 0 bridgehead atoms. The molecule has 1 fully saturated rings. The maximum atomic E-state index is 12.8. The number of fused-ring (bicyclic) bond motifs is 1. The Labute approximate surface area is 140 Å². The molecule has 0 spiro atoms. The van der Waals surface area contributed by atoms with Crippen LogP contribution in [0.5, 0.6) is 0 Å². The van der Waals surface area contributed by atoms with E-state index in [0.29, 0.717) is 19.5 Å². The first kappa shape index (κ1) is 17.3. The van der Waals surface area contributed by atoms with Crippen molar-refractivity contribution < 1.29 is 18.0 Å². The Kier molecular flexibility index (Phi) is 5.13. The minimum absolute atomic E-state index is 0.00955. The Morgan fingerprint density at radius 2 is 2.00 bits per heavy atom. The fourth-order valence-electron chi connectivity index (χ4n) is 3.66. The molecule has 1 aliphatic carbocycles. The summed E-state index contributed by atoms with van der Waals surface area (Å²) in [7, 11) is 0. The van der Waals surface area contributed by atoms with E-state index in [9.17, 15) is 18.0 Å². The molecule has 132 valence electrons. The summed E-state index contributed by atoms with van der Waals surface area (Å²) in [4.78, 5) is 13.8. The zero-order chi connectivity index (χ0) is 17.2. The zero-order valence-corrected chi connectivity index (χ0v) is 13.7. The van der Waals surface area contributed by atoms with Crippen LogP contribution in [0.1, 0.15) is 36.8 Å². The summed E-state index contributed by atoms with van der Waals surface area (Å²) in [6, 6.07) is 5.97. The fraction of sp³-hybridized carbons (Fsp3) is 0.611. The van der Waals surface area contributed by atoms with Crippen molar-refractivity contribution in [2.45, 2.75) is 44.7 Å². The number of alkyl halides is 3. The van der Waals surface area contributed by atoms with Gasteiger partial charge in [-0.3, -0.25) is 4.79 Å². The molecule has 0 saturated carbocycles. The Bertz CT molecular complexity index is 600. The van der Waals surface area contributed by atoms with Gasteiger partial charge in [-0.05, 0) is 61.9 Å². The van der Waals surface area contributed by atoms with Crippen molar-refractivity contribution >= 4 is 11.6 Å². The molecule has 6 heteroatoms. The number of benzene rings is 1. The zero-order valence-electron chi connectivity index (χ0n) is 13.7. The van der Waals surface area contributed by atoms with Crippen LogP contribution in [0.15, 0.2) is 18.2 Å². The maximum absolute atomic E-state index is 12.8. The maximum Gasteiger partial charge on any atom is 0.393 e. The number of piperidine rings is 1. The van der Waals surface area contributed by atoms with Crippen molar-refractivity contribution in [2.75, 3.05) is 25.0 Å². The van der Waals surface area contributed by atoms with Gasteiger partial charge < -0.3 is 10.2 Å². The largest absolute Gasteiger partial charge is 0.393 e. The first-order chi connectivity index (χ1) is 11.4. The van der Waals surface area contributed by atoms with E-state index < -0.39 is 12.1 Å². The van der Waals surface area contributed by atoms with Crippen molar-refractivity contribution in [1.29, 1.82) is 0 Å². The van der Waals surface area contributed by atoms with Crippen molar-refractivity contribution in [2.24, 2.45) is 5.92 Å². The minimum atomic E-state index is -4.13. The third-order valence-corrected chi connectivity index (χ3v) is 5.01. The lowest BCUT2D eigenvalue weighted by molar-refractivity contribution is -0.186. The number of carbonyl (C=O) groups excluding carboxylic acids is 1. The van der Waals surface area contributed by atoms with Crippen LogP contribution in [0.2, 0.25) is 0 Å². The van der Waals surface area contributed by atoms with Crippen molar-refractivity contribution in [3.05, 3.63) is 29.3 Å². The number of nitrogens with one attached hydrogen (secondary N) is 1. The first-order valence-electron chi connectivity index (χ1n) is 8.62. The second-order valence-corrected chi connectivity index (χ2v) is 6.82. The average molecular weight is 340 g/mol. The van der Waals surface area contributed by atoms with Crippen LogP contribution >= 0.6 is 0 Å². The Balaban J connectivity index is 1.47. The molecule has 3 rings (SSSR count). The van der Waals surface area contributed by atoms with E-state index in [1.165, 1.54) is 11.1 Å². The molecule has 1 N–H and O–H groups in total. The Hall–Kier alpha value is -1.56. The van der Waals surface area contributed by atoms with Gasteiger partial charge in [0.2, 0.25) is 5.91 Å². The van der Waals surface area contributed by atoms with Crippen molar-refractivity contribution in [3.63, 3.8) is 0 Å². The van der Waals surface area contributed by atoms with E-state index >= 15 is 0 Å².